The maximum atomic E-state index is 11.7. The minimum Gasteiger partial charge on any atom is -0.481 e. The molecule has 18 heavy (non-hydrogen) atoms. The largest absolute Gasteiger partial charge is 0.481 e. The molecule has 1 rings (SSSR count). The number of carbonyl (C=O) groups is 2. The van der Waals surface area contributed by atoms with Crippen molar-refractivity contribution < 1.29 is 14.7 Å². The maximum absolute atomic E-state index is 11.7. The molecule has 0 aromatic heterocycles. The Morgan fingerprint density at radius 2 is 1.78 bits per heavy atom. The Labute approximate surface area is 109 Å². The van der Waals surface area contributed by atoms with Crippen LogP contribution in [0.5, 0.6) is 0 Å². The van der Waals surface area contributed by atoms with Gasteiger partial charge in [-0.15, -0.1) is 0 Å². The number of nitrogens with zero attached hydrogens (tertiary/aromatic N) is 1. The number of carboxylic acids is 1. The van der Waals surface area contributed by atoms with E-state index in [1.54, 1.807) is 11.9 Å². The van der Waals surface area contributed by atoms with Gasteiger partial charge < -0.3 is 15.3 Å². The molecule has 1 aliphatic rings. The summed E-state index contributed by atoms with van der Waals surface area (Å²) in [5.74, 6) is -0.774. The number of nitrogens with one attached hydrogen (secondary N) is 1. The summed E-state index contributed by atoms with van der Waals surface area (Å²) in [7, 11) is 1.70. The molecule has 0 saturated heterocycles. The molecule has 1 saturated carbocycles. The first-order valence-electron chi connectivity index (χ1n) is 6.74. The molecule has 5 nitrogen and oxygen atoms in total. The van der Waals surface area contributed by atoms with Crippen molar-refractivity contribution in [2.45, 2.75) is 45.4 Å². The van der Waals surface area contributed by atoms with Gasteiger partial charge in [-0.25, -0.2) is 4.79 Å². The highest BCUT2D eigenvalue weighted by Crippen LogP contribution is 2.34. The number of hydrogen-bond donors (Lipinski definition) is 2. The Balaban J connectivity index is 2.62. The van der Waals surface area contributed by atoms with Crippen LogP contribution in [0.4, 0.5) is 4.79 Å². The van der Waals surface area contributed by atoms with Crippen molar-refractivity contribution in [2.75, 3.05) is 20.1 Å². The van der Waals surface area contributed by atoms with Crippen LogP contribution in [0.3, 0.4) is 0 Å². The van der Waals surface area contributed by atoms with Gasteiger partial charge in [-0.1, -0.05) is 25.7 Å². The molecular weight excluding hydrogens is 232 g/mol. The Hall–Kier alpha value is -1.26. The van der Waals surface area contributed by atoms with Crippen LogP contribution in [0.2, 0.25) is 0 Å². The molecule has 5 heteroatoms. The van der Waals surface area contributed by atoms with Gasteiger partial charge in [0, 0.05) is 20.1 Å². The van der Waals surface area contributed by atoms with E-state index in [-0.39, 0.29) is 12.6 Å². The van der Waals surface area contributed by atoms with Crippen LogP contribution in [0.1, 0.15) is 45.4 Å². The first-order valence-corrected chi connectivity index (χ1v) is 6.74. The number of carboxylic acid groups (broad SMARTS) is 1. The van der Waals surface area contributed by atoms with Crippen LogP contribution in [0.25, 0.3) is 0 Å². The van der Waals surface area contributed by atoms with E-state index in [1.165, 1.54) is 0 Å². The van der Waals surface area contributed by atoms with Gasteiger partial charge in [-0.3, -0.25) is 4.79 Å². The molecule has 0 aromatic rings. The lowest BCUT2D eigenvalue weighted by Gasteiger charge is -2.29. The van der Waals surface area contributed by atoms with E-state index < -0.39 is 11.4 Å². The van der Waals surface area contributed by atoms with Crippen molar-refractivity contribution >= 4 is 12.0 Å². The quantitative estimate of drug-likeness (QED) is 0.756. The monoisotopic (exact) mass is 256 g/mol. The smallest absolute Gasteiger partial charge is 0.317 e. The van der Waals surface area contributed by atoms with Crippen molar-refractivity contribution in [1.29, 1.82) is 0 Å². The fraction of sp³-hybridized carbons (Fsp3) is 0.846. The van der Waals surface area contributed by atoms with Crippen molar-refractivity contribution in [3.63, 3.8) is 0 Å². The van der Waals surface area contributed by atoms with Gasteiger partial charge in [0.15, 0.2) is 0 Å². The minimum atomic E-state index is -0.774. The van der Waals surface area contributed by atoms with Crippen LogP contribution in [-0.4, -0.2) is 42.1 Å². The molecule has 2 amide bonds. The zero-order chi connectivity index (χ0) is 13.6. The fourth-order valence-electron chi connectivity index (χ4n) is 2.39. The minimum absolute atomic E-state index is 0.192. The first-order chi connectivity index (χ1) is 8.52. The second-order valence-corrected chi connectivity index (χ2v) is 5.17. The van der Waals surface area contributed by atoms with Gasteiger partial charge in [0.1, 0.15) is 0 Å². The number of urea groups is 1. The van der Waals surface area contributed by atoms with Gasteiger partial charge in [-0.05, 0) is 19.8 Å². The number of rotatable bonds is 4. The number of hydrogen-bond acceptors (Lipinski definition) is 2. The Kier molecular flexibility index (Phi) is 5.44. The van der Waals surface area contributed by atoms with Crippen LogP contribution in [0, 0.1) is 5.41 Å². The van der Waals surface area contributed by atoms with E-state index >= 15 is 0 Å². The number of aliphatic carboxylic acids is 1. The van der Waals surface area contributed by atoms with Gasteiger partial charge in [-0.2, -0.15) is 0 Å². The highest BCUT2D eigenvalue weighted by molar-refractivity contribution is 5.78. The van der Waals surface area contributed by atoms with Crippen LogP contribution >= 0.6 is 0 Å². The molecule has 2 N–H and O–H groups in total. The zero-order valence-electron chi connectivity index (χ0n) is 11.4. The molecule has 104 valence electrons. The van der Waals surface area contributed by atoms with E-state index in [0.717, 1.165) is 25.7 Å². The Morgan fingerprint density at radius 3 is 2.22 bits per heavy atom. The summed E-state index contributed by atoms with van der Waals surface area (Å²) in [6.07, 6.45) is 5.39. The summed E-state index contributed by atoms with van der Waals surface area (Å²) in [6, 6.07) is -0.192. The normalized spacial score (nSPS) is 18.8. The lowest BCUT2D eigenvalue weighted by Crippen LogP contribution is -2.46. The van der Waals surface area contributed by atoms with Crippen molar-refractivity contribution in [3.8, 4) is 0 Å². The highest BCUT2D eigenvalue weighted by atomic mass is 16.4. The molecule has 0 atom stereocenters. The lowest BCUT2D eigenvalue weighted by atomic mass is 9.80. The molecule has 0 aliphatic heterocycles. The van der Waals surface area contributed by atoms with Crippen LogP contribution in [0.15, 0.2) is 0 Å². The maximum Gasteiger partial charge on any atom is 0.317 e. The molecule has 0 unspecified atom stereocenters. The SMILES string of the molecule is CCN(C)C(=O)NCC1(C(=O)O)CCCCCC1. The number of amides is 2. The van der Waals surface area contributed by atoms with E-state index in [4.69, 9.17) is 0 Å². The Morgan fingerprint density at radius 1 is 1.22 bits per heavy atom. The average molecular weight is 256 g/mol. The van der Waals surface area contributed by atoms with Gasteiger partial charge >= 0.3 is 12.0 Å². The van der Waals surface area contributed by atoms with Gasteiger partial charge in [0.25, 0.3) is 0 Å². The average Bonchev–Trinajstić information content (AvgIpc) is 2.61. The molecule has 0 heterocycles. The fourth-order valence-corrected chi connectivity index (χ4v) is 2.39. The second kappa shape index (κ2) is 6.61. The topological polar surface area (TPSA) is 69.6 Å². The summed E-state index contributed by atoms with van der Waals surface area (Å²) in [6.45, 7) is 2.75. The van der Waals surface area contributed by atoms with Crippen molar-refractivity contribution in [1.82, 2.24) is 10.2 Å². The predicted molar refractivity (Wildman–Crippen MR) is 69.5 cm³/mol. The van der Waals surface area contributed by atoms with Gasteiger partial charge in [0.05, 0.1) is 5.41 Å². The molecule has 0 aromatic carbocycles. The molecule has 1 fully saturated rings. The molecule has 1 aliphatic carbocycles. The zero-order valence-corrected chi connectivity index (χ0v) is 11.4. The summed E-state index contributed by atoms with van der Waals surface area (Å²) in [4.78, 5) is 24.8. The molecular formula is C13H24N2O3. The van der Waals surface area contributed by atoms with Crippen LogP contribution in [-0.2, 0) is 4.79 Å². The third kappa shape index (κ3) is 3.62. The first kappa shape index (κ1) is 14.8. The third-order valence-corrected chi connectivity index (χ3v) is 3.91. The standard InChI is InChI=1S/C13H24N2O3/c1-3-15(2)12(18)14-10-13(11(16)17)8-6-4-5-7-9-13/h3-10H2,1-2H3,(H,14,18)(H,16,17). The lowest BCUT2D eigenvalue weighted by molar-refractivity contribution is -0.149. The summed E-state index contributed by atoms with van der Waals surface area (Å²) in [5, 5.41) is 12.2. The van der Waals surface area contributed by atoms with Gasteiger partial charge in [0.2, 0.25) is 0 Å². The molecule has 0 spiro atoms. The van der Waals surface area contributed by atoms with E-state index in [1.807, 2.05) is 6.92 Å². The van der Waals surface area contributed by atoms with Crippen LogP contribution < -0.4 is 5.32 Å². The van der Waals surface area contributed by atoms with Crippen molar-refractivity contribution in [3.05, 3.63) is 0 Å². The van der Waals surface area contributed by atoms with E-state index in [0.29, 0.717) is 19.4 Å². The summed E-state index contributed by atoms with van der Waals surface area (Å²) >= 11 is 0. The third-order valence-electron chi connectivity index (χ3n) is 3.91. The second-order valence-electron chi connectivity index (χ2n) is 5.17. The number of carbonyl (C=O) groups excluding carboxylic acids is 1. The predicted octanol–water partition coefficient (Wildman–Crippen LogP) is 2.07. The highest BCUT2D eigenvalue weighted by Gasteiger charge is 2.38. The van der Waals surface area contributed by atoms with E-state index in [2.05, 4.69) is 5.32 Å². The summed E-state index contributed by atoms with van der Waals surface area (Å²) in [5.41, 5.74) is -0.763. The summed E-state index contributed by atoms with van der Waals surface area (Å²) < 4.78 is 0. The van der Waals surface area contributed by atoms with Crippen molar-refractivity contribution in [2.24, 2.45) is 5.41 Å². The molecule has 0 radical (unpaired) electrons. The Bertz CT molecular complexity index is 297. The van der Waals surface area contributed by atoms with E-state index in [9.17, 15) is 14.7 Å². The molecule has 0 bridgehead atoms.